The second-order valence-corrected chi connectivity index (χ2v) is 9.36. The van der Waals surface area contributed by atoms with Gasteiger partial charge in [0.25, 0.3) is 0 Å². The number of anilines is 3. The lowest BCUT2D eigenvalue weighted by Gasteiger charge is -2.27. The van der Waals surface area contributed by atoms with E-state index in [1.807, 2.05) is 37.4 Å². The van der Waals surface area contributed by atoms with Crippen LogP contribution < -0.4 is 9.80 Å². The van der Waals surface area contributed by atoms with Crippen LogP contribution in [-0.2, 0) is 11.2 Å². The predicted octanol–water partition coefficient (Wildman–Crippen LogP) is 6.95. The fraction of sp³-hybridized carbons (Fsp3) is 0.207. The van der Waals surface area contributed by atoms with Crippen LogP contribution in [0.3, 0.4) is 0 Å². The zero-order chi connectivity index (χ0) is 23.7. The van der Waals surface area contributed by atoms with Crippen LogP contribution in [0.4, 0.5) is 17.1 Å². The standard InChI is InChI=1S/C29H27ClN2O2/c1-31-27-16-11-24(30)18-28(27)32(25-12-14-26(33)15-13-25)19-23(29(31)34)8-4-5-20-9-10-21-6-2-3-7-22(21)17-20/h2-3,6-7,9-18,23,33H,4-5,8,19H2,1H3. The molecule has 0 spiro atoms. The number of aromatic hydroxyl groups is 1. The maximum atomic E-state index is 13.5. The number of hydrogen-bond donors (Lipinski definition) is 1. The molecule has 1 N–H and O–H groups in total. The Labute approximate surface area is 205 Å². The highest BCUT2D eigenvalue weighted by Crippen LogP contribution is 2.40. The third-order valence-electron chi connectivity index (χ3n) is 6.67. The molecule has 1 heterocycles. The van der Waals surface area contributed by atoms with Crippen LogP contribution >= 0.6 is 11.6 Å². The van der Waals surface area contributed by atoms with Crippen LogP contribution in [0.15, 0.2) is 84.9 Å². The Morgan fingerprint density at radius 2 is 1.68 bits per heavy atom. The number of carbonyl (C=O) groups excluding carboxylic acids is 1. The first-order chi connectivity index (χ1) is 16.5. The average molecular weight is 471 g/mol. The smallest absolute Gasteiger partial charge is 0.231 e. The van der Waals surface area contributed by atoms with Gasteiger partial charge < -0.3 is 14.9 Å². The van der Waals surface area contributed by atoms with Crippen molar-refractivity contribution in [3.63, 3.8) is 0 Å². The number of rotatable bonds is 5. The van der Waals surface area contributed by atoms with E-state index in [2.05, 4.69) is 47.4 Å². The largest absolute Gasteiger partial charge is 0.508 e. The van der Waals surface area contributed by atoms with E-state index in [0.717, 1.165) is 36.3 Å². The molecule has 4 aromatic carbocycles. The van der Waals surface area contributed by atoms with Crippen LogP contribution in [0.2, 0.25) is 5.02 Å². The zero-order valence-electron chi connectivity index (χ0n) is 19.1. The minimum atomic E-state index is -0.162. The molecule has 34 heavy (non-hydrogen) atoms. The van der Waals surface area contributed by atoms with Gasteiger partial charge in [-0.3, -0.25) is 4.79 Å². The predicted molar refractivity (Wildman–Crippen MR) is 140 cm³/mol. The number of aryl methyl sites for hydroxylation is 1. The summed E-state index contributed by atoms with van der Waals surface area (Å²) in [6.45, 7) is 0.555. The monoisotopic (exact) mass is 470 g/mol. The molecule has 1 atom stereocenters. The lowest BCUT2D eigenvalue weighted by atomic mass is 9.96. The summed E-state index contributed by atoms with van der Waals surface area (Å²) in [5.41, 5.74) is 3.94. The molecule has 0 aromatic heterocycles. The van der Waals surface area contributed by atoms with Crippen molar-refractivity contribution in [2.45, 2.75) is 19.3 Å². The summed E-state index contributed by atoms with van der Waals surface area (Å²) in [5.74, 6) is 0.166. The number of hydrogen-bond acceptors (Lipinski definition) is 3. The minimum Gasteiger partial charge on any atom is -0.508 e. The van der Waals surface area contributed by atoms with Gasteiger partial charge in [0.05, 0.1) is 17.3 Å². The van der Waals surface area contributed by atoms with Crippen molar-refractivity contribution in [1.82, 2.24) is 0 Å². The lowest BCUT2D eigenvalue weighted by Crippen LogP contribution is -2.35. The topological polar surface area (TPSA) is 43.8 Å². The van der Waals surface area contributed by atoms with Crippen LogP contribution in [0, 0.1) is 5.92 Å². The molecule has 5 rings (SSSR count). The molecule has 172 valence electrons. The number of halogens is 1. The molecule has 1 aliphatic rings. The Morgan fingerprint density at radius 3 is 2.47 bits per heavy atom. The summed E-state index contributed by atoms with van der Waals surface area (Å²) in [4.78, 5) is 17.4. The van der Waals surface area contributed by atoms with E-state index in [9.17, 15) is 9.90 Å². The van der Waals surface area contributed by atoms with Crippen LogP contribution in [0.5, 0.6) is 5.75 Å². The van der Waals surface area contributed by atoms with Crippen molar-refractivity contribution >= 4 is 45.3 Å². The van der Waals surface area contributed by atoms with Crippen molar-refractivity contribution in [3.05, 3.63) is 95.5 Å². The number of amides is 1. The first-order valence-electron chi connectivity index (χ1n) is 11.6. The third-order valence-corrected chi connectivity index (χ3v) is 6.90. The number of carbonyl (C=O) groups is 1. The summed E-state index contributed by atoms with van der Waals surface area (Å²) in [7, 11) is 1.84. The van der Waals surface area contributed by atoms with E-state index >= 15 is 0 Å². The van der Waals surface area contributed by atoms with E-state index < -0.39 is 0 Å². The van der Waals surface area contributed by atoms with Gasteiger partial charge in [-0.25, -0.2) is 0 Å². The molecule has 0 aliphatic carbocycles. The second-order valence-electron chi connectivity index (χ2n) is 8.93. The molecule has 0 bridgehead atoms. The van der Waals surface area contributed by atoms with Crippen LogP contribution in [0.25, 0.3) is 10.8 Å². The van der Waals surface area contributed by atoms with Gasteiger partial charge in [-0.2, -0.15) is 0 Å². The number of benzene rings is 4. The van der Waals surface area contributed by atoms with E-state index in [1.165, 1.54) is 16.3 Å². The molecule has 0 fully saturated rings. The van der Waals surface area contributed by atoms with E-state index in [4.69, 9.17) is 11.6 Å². The maximum absolute atomic E-state index is 13.5. The number of phenols is 1. The molecule has 1 aliphatic heterocycles. The van der Waals surface area contributed by atoms with Gasteiger partial charge in [0.1, 0.15) is 5.75 Å². The summed E-state index contributed by atoms with van der Waals surface area (Å²) in [6, 6.07) is 27.7. The van der Waals surface area contributed by atoms with E-state index in [-0.39, 0.29) is 17.6 Å². The van der Waals surface area contributed by atoms with Gasteiger partial charge in [-0.05, 0) is 78.1 Å². The molecular formula is C29H27ClN2O2. The molecule has 0 radical (unpaired) electrons. The fourth-order valence-electron chi connectivity index (χ4n) is 4.82. The number of fused-ring (bicyclic) bond motifs is 2. The molecule has 5 heteroatoms. The van der Waals surface area contributed by atoms with Gasteiger partial charge in [0.2, 0.25) is 5.91 Å². The highest BCUT2D eigenvalue weighted by Gasteiger charge is 2.32. The summed E-state index contributed by atoms with van der Waals surface area (Å²) < 4.78 is 0. The van der Waals surface area contributed by atoms with Crippen LogP contribution in [-0.4, -0.2) is 24.6 Å². The second kappa shape index (κ2) is 9.40. The van der Waals surface area contributed by atoms with Gasteiger partial charge in [0.15, 0.2) is 0 Å². The molecular weight excluding hydrogens is 444 g/mol. The van der Waals surface area contributed by atoms with Gasteiger partial charge in [0, 0.05) is 24.3 Å². The molecule has 0 saturated carbocycles. The average Bonchev–Trinajstić information content (AvgIpc) is 2.95. The van der Waals surface area contributed by atoms with Gasteiger partial charge in [-0.15, -0.1) is 0 Å². The van der Waals surface area contributed by atoms with Crippen LogP contribution in [0.1, 0.15) is 18.4 Å². The van der Waals surface area contributed by atoms with E-state index in [1.54, 1.807) is 17.0 Å². The molecule has 4 nitrogen and oxygen atoms in total. The van der Waals surface area contributed by atoms with Crippen molar-refractivity contribution in [2.75, 3.05) is 23.4 Å². The normalized spacial score (nSPS) is 15.9. The van der Waals surface area contributed by atoms with Gasteiger partial charge >= 0.3 is 0 Å². The molecule has 0 saturated heterocycles. The summed E-state index contributed by atoms with van der Waals surface area (Å²) in [5, 5.41) is 12.9. The number of nitrogens with zero attached hydrogens (tertiary/aromatic N) is 2. The Morgan fingerprint density at radius 1 is 0.912 bits per heavy atom. The minimum absolute atomic E-state index is 0.114. The van der Waals surface area contributed by atoms with Crippen molar-refractivity contribution in [1.29, 1.82) is 0 Å². The van der Waals surface area contributed by atoms with Gasteiger partial charge in [-0.1, -0.05) is 54.1 Å². The Bertz CT molecular complexity index is 1340. The molecule has 1 amide bonds. The lowest BCUT2D eigenvalue weighted by molar-refractivity contribution is -0.121. The van der Waals surface area contributed by atoms with Crippen molar-refractivity contribution in [3.8, 4) is 5.75 Å². The SMILES string of the molecule is CN1C(=O)C(CCCc2ccc3ccccc3c2)CN(c2ccc(O)cc2)c2cc(Cl)ccc21. The molecule has 4 aromatic rings. The molecule has 1 unspecified atom stereocenters. The summed E-state index contributed by atoms with van der Waals surface area (Å²) in [6.07, 6.45) is 2.63. The highest BCUT2D eigenvalue weighted by atomic mass is 35.5. The Hall–Kier alpha value is -3.50. The van der Waals surface area contributed by atoms with Crippen molar-refractivity contribution < 1.29 is 9.90 Å². The fourth-order valence-corrected chi connectivity index (χ4v) is 4.99. The van der Waals surface area contributed by atoms with Crippen molar-refractivity contribution in [2.24, 2.45) is 5.92 Å². The Kier molecular flexibility index (Phi) is 6.16. The van der Waals surface area contributed by atoms with E-state index in [0.29, 0.717) is 11.6 Å². The maximum Gasteiger partial charge on any atom is 0.231 e. The summed E-state index contributed by atoms with van der Waals surface area (Å²) >= 11 is 6.35. The quantitative estimate of drug-likeness (QED) is 0.343. The first-order valence-corrected chi connectivity index (χ1v) is 12.0. The number of phenolic OH excluding ortho intramolecular Hbond substituents is 1. The first kappa shape index (κ1) is 22.3. The Balaban J connectivity index is 1.39. The highest BCUT2D eigenvalue weighted by molar-refractivity contribution is 6.31. The third kappa shape index (κ3) is 4.46. The zero-order valence-corrected chi connectivity index (χ0v) is 19.9.